The lowest BCUT2D eigenvalue weighted by Gasteiger charge is -2.15. The number of hydrogen-bond acceptors (Lipinski definition) is 3. The summed E-state index contributed by atoms with van der Waals surface area (Å²) in [6.45, 7) is 0. The van der Waals surface area contributed by atoms with E-state index in [0.717, 1.165) is 6.08 Å². The molecule has 18 heavy (non-hydrogen) atoms. The van der Waals surface area contributed by atoms with Gasteiger partial charge in [-0.3, -0.25) is 13.7 Å². The highest BCUT2D eigenvalue weighted by Gasteiger charge is 2.40. The topological polar surface area (TPSA) is 173 Å². The zero-order valence-electron chi connectivity index (χ0n) is 9.10. The summed E-state index contributed by atoms with van der Waals surface area (Å²) < 4.78 is 32.1. The lowest BCUT2D eigenvalue weighted by Crippen LogP contribution is -2.05. The molecule has 0 bridgehead atoms. The van der Waals surface area contributed by atoms with Crippen molar-refractivity contribution in [2.24, 2.45) is 0 Å². The normalized spacial score (nSPS) is 14.6. The molecule has 0 aliphatic rings. The summed E-state index contributed by atoms with van der Waals surface area (Å²) in [6, 6.07) is 0. The molecule has 0 heterocycles. The number of rotatable bonds is 7. The van der Waals surface area contributed by atoms with Gasteiger partial charge in [-0.25, -0.2) is 0 Å². The molecule has 0 amide bonds. The van der Waals surface area contributed by atoms with Crippen molar-refractivity contribution < 1.29 is 43.1 Å². The number of hydrogen-bond donors (Lipinski definition) is 6. The summed E-state index contributed by atoms with van der Waals surface area (Å²) in [6.07, 6.45) is 1.44. The third-order valence-corrected chi connectivity index (χ3v) is 6.24. The van der Waals surface area contributed by atoms with Crippen LogP contribution >= 0.6 is 22.8 Å². The van der Waals surface area contributed by atoms with Crippen LogP contribution in [0.15, 0.2) is 12.2 Å². The molecule has 0 aromatic rings. The van der Waals surface area contributed by atoms with Crippen molar-refractivity contribution in [2.75, 3.05) is 6.16 Å². The Morgan fingerprint density at radius 1 is 0.889 bits per heavy atom. The SMILES string of the molecule is O=P(O)(O)CCCC=CC(P(=O)(O)O)P(=O)(O)O. The third kappa shape index (κ3) is 8.32. The summed E-state index contributed by atoms with van der Waals surface area (Å²) in [5, 5.41) is -2.22. The molecule has 12 heteroatoms. The molecule has 0 aromatic heterocycles. The van der Waals surface area contributed by atoms with Gasteiger partial charge in [-0.1, -0.05) is 12.2 Å². The van der Waals surface area contributed by atoms with Gasteiger partial charge in [0.1, 0.15) is 0 Å². The monoisotopic (exact) mass is 324 g/mol. The fraction of sp³-hybridized carbons (Fsp3) is 0.667. The van der Waals surface area contributed by atoms with Gasteiger partial charge in [0.05, 0.1) is 6.16 Å². The van der Waals surface area contributed by atoms with Crippen molar-refractivity contribution in [3.05, 3.63) is 12.2 Å². The van der Waals surface area contributed by atoms with Crippen LogP contribution in [0.4, 0.5) is 0 Å². The molecule has 0 rings (SSSR count). The summed E-state index contributed by atoms with van der Waals surface area (Å²) in [5.74, 6) is 0. The largest absolute Gasteiger partial charge is 0.344 e. The van der Waals surface area contributed by atoms with Crippen LogP contribution in [-0.2, 0) is 13.7 Å². The fourth-order valence-electron chi connectivity index (χ4n) is 1.05. The van der Waals surface area contributed by atoms with E-state index in [9.17, 15) is 13.7 Å². The second kappa shape index (κ2) is 6.57. The predicted octanol–water partition coefficient (Wildman–Crippen LogP) is 0.182. The fourth-order valence-corrected chi connectivity index (χ4v) is 3.91. The molecule has 0 atom stereocenters. The van der Waals surface area contributed by atoms with E-state index in [-0.39, 0.29) is 12.8 Å². The van der Waals surface area contributed by atoms with Crippen molar-refractivity contribution >= 4 is 22.8 Å². The minimum Gasteiger partial charge on any atom is -0.324 e. The number of unbranched alkanes of at least 4 members (excludes halogenated alkanes) is 1. The predicted molar refractivity (Wildman–Crippen MR) is 63.2 cm³/mol. The first-order chi connectivity index (χ1) is 7.84. The van der Waals surface area contributed by atoms with Crippen LogP contribution in [0.1, 0.15) is 12.8 Å². The van der Waals surface area contributed by atoms with E-state index in [4.69, 9.17) is 29.4 Å². The molecular weight excluding hydrogens is 309 g/mol. The minimum absolute atomic E-state index is 0.0375. The first kappa shape index (κ1) is 18.2. The van der Waals surface area contributed by atoms with Crippen molar-refractivity contribution in [2.45, 2.75) is 18.2 Å². The second-order valence-corrected chi connectivity index (χ2v) is 9.20. The Bertz CT molecular complexity index is 404. The van der Waals surface area contributed by atoms with E-state index in [1.54, 1.807) is 0 Å². The number of allylic oxidation sites excluding steroid dienone is 2. The molecule has 0 saturated carbocycles. The van der Waals surface area contributed by atoms with E-state index in [2.05, 4.69) is 0 Å². The van der Waals surface area contributed by atoms with Crippen LogP contribution in [-0.4, -0.2) is 40.9 Å². The first-order valence-corrected chi connectivity index (χ1v) is 9.82. The van der Waals surface area contributed by atoms with Crippen molar-refractivity contribution in [3.8, 4) is 0 Å². The molecule has 0 fully saturated rings. The summed E-state index contributed by atoms with van der Waals surface area (Å²) in [4.78, 5) is 52.0. The minimum atomic E-state index is -4.98. The standard InChI is InChI=1S/C6H15O9P3/c7-16(8,9)5-3-1-2-4-6(17(10,11)12)18(13,14)15/h2,4,6H,1,3,5H2,(H2,7,8,9)(H2,10,11,12)(H2,13,14,15). The van der Waals surface area contributed by atoms with Gasteiger partial charge >= 0.3 is 22.8 Å². The molecule has 6 N–H and O–H groups in total. The maximum absolute atomic E-state index is 10.8. The van der Waals surface area contributed by atoms with Gasteiger partial charge in [0, 0.05) is 0 Å². The molecule has 0 aliphatic carbocycles. The van der Waals surface area contributed by atoms with Gasteiger partial charge in [0.2, 0.25) is 0 Å². The van der Waals surface area contributed by atoms with Crippen LogP contribution in [0.5, 0.6) is 0 Å². The highest BCUT2D eigenvalue weighted by atomic mass is 31.2. The Kier molecular flexibility index (Phi) is 6.64. The highest BCUT2D eigenvalue weighted by molar-refractivity contribution is 7.71. The Hall–Kier alpha value is 0.190. The zero-order chi connectivity index (χ0) is 14.6. The second-order valence-electron chi connectivity index (χ2n) is 3.55. The maximum atomic E-state index is 10.8. The molecular formula is C6H15O9P3. The van der Waals surface area contributed by atoms with Gasteiger partial charge in [-0.2, -0.15) is 0 Å². The summed E-state index contributed by atoms with van der Waals surface area (Å²) in [5.41, 5.74) is 0. The van der Waals surface area contributed by atoms with E-state index < -0.39 is 34.3 Å². The van der Waals surface area contributed by atoms with Crippen LogP contribution < -0.4 is 0 Å². The molecule has 0 aromatic carbocycles. The van der Waals surface area contributed by atoms with Crippen LogP contribution in [0.2, 0.25) is 0 Å². The van der Waals surface area contributed by atoms with Crippen molar-refractivity contribution in [3.63, 3.8) is 0 Å². The molecule has 0 aliphatic heterocycles. The van der Waals surface area contributed by atoms with Gasteiger partial charge in [0.15, 0.2) is 5.40 Å². The van der Waals surface area contributed by atoms with E-state index >= 15 is 0 Å². The lowest BCUT2D eigenvalue weighted by molar-refractivity contribution is 0.346. The average Bonchev–Trinajstić information content (AvgIpc) is 2.04. The smallest absolute Gasteiger partial charge is 0.324 e. The Morgan fingerprint density at radius 2 is 1.33 bits per heavy atom. The van der Waals surface area contributed by atoms with Gasteiger partial charge in [-0.15, -0.1) is 0 Å². The average molecular weight is 324 g/mol. The third-order valence-electron chi connectivity index (χ3n) is 1.82. The van der Waals surface area contributed by atoms with Gasteiger partial charge in [0.25, 0.3) is 0 Å². The molecule has 0 spiro atoms. The molecule has 0 unspecified atom stereocenters. The quantitative estimate of drug-likeness (QED) is 0.217. The molecule has 0 saturated heterocycles. The molecule has 0 radical (unpaired) electrons. The Morgan fingerprint density at radius 3 is 1.67 bits per heavy atom. The zero-order valence-corrected chi connectivity index (χ0v) is 11.8. The molecule has 9 nitrogen and oxygen atoms in total. The summed E-state index contributed by atoms with van der Waals surface area (Å²) >= 11 is 0. The van der Waals surface area contributed by atoms with Crippen molar-refractivity contribution in [1.82, 2.24) is 0 Å². The van der Waals surface area contributed by atoms with E-state index in [1.165, 1.54) is 0 Å². The van der Waals surface area contributed by atoms with E-state index in [0.29, 0.717) is 6.08 Å². The first-order valence-electron chi connectivity index (χ1n) is 4.66. The Labute approximate surface area is 103 Å². The van der Waals surface area contributed by atoms with Crippen LogP contribution in [0, 0.1) is 0 Å². The maximum Gasteiger partial charge on any atom is 0.344 e. The lowest BCUT2D eigenvalue weighted by atomic mass is 10.3. The van der Waals surface area contributed by atoms with Gasteiger partial charge < -0.3 is 29.4 Å². The molecule has 108 valence electrons. The van der Waals surface area contributed by atoms with Crippen molar-refractivity contribution in [1.29, 1.82) is 0 Å². The van der Waals surface area contributed by atoms with E-state index in [1.807, 2.05) is 0 Å². The van der Waals surface area contributed by atoms with Crippen LogP contribution in [0.25, 0.3) is 0 Å². The summed E-state index contributed by atoms with van der Waals surface area (Å²) in [7, 11) is -14.1. The van der Waals surface area contributed by atoms with Gasteiger partial charge in [-0.05, 0) is 12.8 Å². The Balaban J connectivity index is 4.50. The van der Waals surface area contributed by atoms with Crippen LogP contribution in [0.3, 0.4) is 0 Å². The highest BCUT2D eigenvalue weighted by Crippen LogP contribution is 2.60.